The number of nitrogens with two attached hydrogens (primary N) is 2. The van der Waals surface area contributed by atoms with Gasteiger partial charge in [0.15, 0.2) is 0 Å². The molecule has 198 valence electrons. The van der Waals surface area contributed by atoms with Crippen LogP contribution in [-0.2, 0) is 11.2 Å². The van der Waals surface area contributed by atoms with Gasteiger partial charge >= 0.3 is 11.9 Å². The van der Waals surface area contributed by atoms with Crippen LogP contribution in [0.2, 0.25) is 0 Å². The second-order valence-corrected chi connectivity index (χ2v) is 9.62. The first-order valence-electron chi connectivity index (χ1n) is 13.0. The van der Waals surface area contributed by atoms with E-state index in [1.807, 2.05) is 36.4 Å². The number of esters is 1. The molecule has 3 aromatic rings. The van der Waals surface area contributed by atoms with E-state index in [4.69, 9.17) is 20.9 Å². The monoisotopic (exact) mass is 514 g/mol. The highest BCUT2D eigenvalue weighted by atomic mass is 16.5. The lowest BCUT2D eigenvalue weighted by Gasteiger charge is -2.21. The minimum Gasteiger partial charge on any atom is -0.494 e. The van der Waals surface area contributed by atoms with Crippen LogP contribution in [0.1, 0.15) is 71.5 Å². The van der Waals surface area contributed by atoms with Crippen molar-refractivity contribution in [1.82, 2.24) is 0 Å². The van der Waals surface area contributed by atoms with Crippen molar-refractivity contribution in [3.63, 3.8) is 0 Å². The molecule has 0 aromatic heterocycles. The highest BCUT2D eigenvalue weighted by Crippen LogP contribution is 2.33. The zero-order valence-electron chi connectivity index (χ0n) is 21.4. The molecule has 0 atom stereocenters. The summed E-state index contributed by atoms with van der Waals surface area (Å²) >= 11 is 0. The third kappa shape index (κ3) is 7.38. The lowest BCUT2D eigenvalue weighted by atomic mass is 9.84. The maximum atomic E-state index is 12.3. The number of carboxylic acid groups (broad SMARTS) is 1. The summed E-state index contributed by atoms with van der Waals surface area (Å²) in [5.74, 6) is 0.344. The number of hydrogen-bond acceptors (Lipinski definition) is 6. The van der Waals surface area contributed by atoms with Crippen molar-refractivity contribution in [2.75, 3.05) is 18.1 Å². The number of rotatable bonds is 10. The van der Waals surface area contributed by atoms with Gasteiger partial charge < -0.3 is 26.0 Å². The average Bonchev–Trinajstić information content (AvgIpc) is 2.92. The SMILES string of the molecule is Nc1cc(N)c(CCCOc2ccc(/C=C/C(=O)Oc3ccc(C4CCCCC4)cc3)cc2)c(C(=O)O)c1. The van der Waals surface area contributed by atoms with Crippen molar-refractivity contribution in [3.05, 3.63) is 89.0 Å². The predicted molar refractivity (Wildman–Crippen MR) is 149 cm³/mol. The van der Waals surface area contributed by atoms with Crippen LogP contribution >= 0.6 is 0 Å². The second kappa shape index (κ2) is 12.8. The van der Waals surface area contributed by atoms with Crippen LogP contribution in [0.3, 0.4) is 0 Å². The first-order chi connectivity index (χ1) is 18.4. The van der Waals surface area contributed by atoms with Crippen LogP contribution < -0.4 is 20.9 Å². The van der Waals surface area contributed by atoms with E-state index in [1.165, 1.54) is 49.8 Å². The van der Waals surface area contributed by atoms with Gasteiger partial charge in [0.1, 0.15) is 11.5 Å². The number of nitrogen functional groups attached to an aromatic ring is 2. The molecule has 1 saturated carbocycles. The normalized spacial score (nSPS) is 13.9. The molecule has 3 aromatic carbocycles. The highest BCUT2D eigenvalue weighted by Gasteiger charge is 2.16. The van der Waals surface area contributed by atoms with Crippen molar-refractivity contribution in [3.8, 4) is 11.5 Å². The van der Waals surface area contributed by atoms with Crippen LogP contribution in [0.15, 0.2) is 66.7 Å². The molecule has 0 saturated heterocycles. The van der Waals surface area contributed by atoms with Gasteiger partial charge in [-0.2, -0.15) is 0 Å². The molecule has 1 aliphatic carbocycles. The van der Waals surface area contributed by atoms with Crippen molar-refractivity contribution in [2.45, 2.75) is 50.9 Å². The largest absolute Gasteiger partial charge is 0.494 e. The van der Waals surface area contributed by atoms with Gasteiger partial charge in [-0.05, 0) is 90.8 Å². The number of ether oxygens (including phenoxy) is 2. The standard InChI is InChI=1S/C31H34N2O5/c32-24-19-28(31(35)36)27(29(33)20-24)7-4-18-37-25-13-8-21(9-14-25)10-17-30(34)38-26-15-11-23(12-16-26)22-5-2-1-3-6-22/h8-17,19-20,22H,1-7,18,32-33H2,(H,35,36)/b17-10+. The lowest BCUT2D eigenvalue weighted by molar-refractivity contribution is -0.128. The van der Waals surface area contributed by atoms with E-state index in [2.05, 4.69) is 12.1 Å². The number of hydrogen-bond donors (Lipinski definition) is 3. The Morgan fingerprint density at radius 1 is 0.921 bits per heavy atom. The van der Waals surface area contributed by atoms with Crippen LogP contribution in [0.25, 0.3) is 6.08 Å². The molecular formula is C31H34N2O5. The van der Waals surface area contributed by atoms with Gasteiger partial charge in [-0.3, -0.25) is 0 Å². The summed E-state index contributed by atoms with van der Waals surface area (Å²) in [7, 11) is 0. The number of carboxylic acids is 1. The number of carbonyl (C=O) groups is 2. The highest BCUT2D eigenvalue weighted by molar-refractivity contribution is 5.92. The Bertz CT molecular complexity index is 1280. The minimum atomic E-state index is -1.06. The zero-order chi connectivity index (χ0) is 26.9. The summed E-state index contributed by atoms with van der Waals surface area (Å²) in [5, 5.41) is 9.40. The molecule has 0 spiro atoms. The average molecular weight is 515 g/mol. The Hall–Kier alpha value is -4.26. The summed E-state index contributed by atoms with van der Waals surface area (Å²) in [6.45, 7) is 0.393. The smallest absolute Gasteiger partial charge is 0.336 e. The summed E-state index contributed by atoms with van der Waals surface area (Å²) in [6, 6.07) is 18.2. The van der Waals surface area contributed by atoms with Crippen molar-refractivity contribution in [1.29, 1.82) is 0 Å². The fourth-order valence-electron chi connectivity index (χ4n) is 4.86. The fraction of sp³-hybridized carbons (Fsp3) is 0.290. The summed E-state index contributed by atoms with van der Waals surface area (Å²) in [5.41, 5.74) is 15.2. The lowest BCUT2D eigenvalue weighted by Crippen LogP contribution is -2.09. The first kappa shape index (κ1) is 26.8. The van der Waals surface area contributed by atoms with Gasteiger partial charge in [0.2, 0.25) is 0 Å². The Balaban J connectivity index is 1.22. The van der Waals surface area contributed by atoms with Gasteiger partial charge in [-0.25, -0.2) is 9.59 Å². The molecule has 0 bridgehead atoms. The molecule has 38 heavy (non-hydrogen) atoms. The van der Waals surface area contributed by atoms with Crippen molar-refractivity contribution < 1.29 is 24.2 Å². The van der Waals surface area contributed by atoms with Crippen LogP contribution in [-0.4, -0.2) is 23.7 Å². The van der Waals surface area contributed by atoms with E-state index in [0.29, 0.717) is 53.8 Å². The molecule has 0 heterocycles. The van der Waals surface area contributed by atoms with Crippen LogP contribution in [0.5, 0.6) is 11.5 Å². The minimum absolute atomic E-state index is 0.119. The second-order valence-electron chi connectivity index (χ2n) is 9.62. The first-order valence-corrected chi connectivity index (χ1v) is 13.0. The van der Waals surface area contributed by atoms with Gasteiger partial charge in [-0.1, -0.05) is 43.5 Å². The third-order valence-electron chi connectivity index (χ3n) is 6.84. The quantitative estimate of drug-likeness (QED) is 0.0963. The van der Waals surface area contributed by atoms with Crippen LogP contribution in [0.4, 0.5) is 11.4 Å². The molecule has 7 heteroatoms. The number of anilines is 2. The summed E-state index contributed by atoms with van der Waals surface area (Å²) < 4.78 is 11.2. The topological polar surface area (TPSA) is 125 Å². The van der Waals surface area contributed by atoms with Crippen molar-refractivity contribution >= 4 is 29.4 Å². The Labute approximate surface area is 223 Å². The molecule has 1 aliphatic rings. The van der Waals surface area contributed by atoms with Gasteiger partial charge in [0, 0.05) is 17.5 Å². The predicted octanol–water partition coefficient (Wildman–Crippen LogP) is 6.23. The van der Waals surface area contributed by atoms with E-state index >= 15 is 0 Å². The molecule has 0 unspecified atom stereocenters. The van der Waals surface area contributed by atoms with E-state index in [9.17, 15) is 14.7 Å². The van der Waals surface area contributed by atoms with E-state index in [0.717, 1.165) is 5.56 Å². The molecule has 0 amide bonds. The van der Waals surface area contributed by atoms with Gasteiger partial charge in [0.05, 0.1) is 12.2 Å². The van der Waals surface area contributed by atoms with E-state index in [-0.39, 0.29) is 5.56 Å². The van der Waals surface area contributed by atoms with Gasteiger partial charge in [0.25, 0.3) is 0 Å². The Kier molecular flexibility index (Phi) is 9.03. The van der Waals surface area contributed by atoms with E-state index in [1.54, 1.807) is 12.1 Å². The molecule has 0 aliphatic heterocycles. The molecular weight excluding hydrogens is 480 g/mol. The van der Waals surface area contributed by atoms with Crippen molar-refractivity contribution in [2.24, 2.45) is 0 Å². The fourth-order valence-corrected chi connectivity index (χ4v) is 4.86. The number of carbonyl (C=O) groups excluding carboxylic acids is 1. The zero-order valence-corrected chi connectivity index (χ0v) is 21.4. The molecule has 7 nitrogen and oxygen atoms in total. The Morgan fingerprint density at radius 3 is 2.29 bits per heavy atom. The summed E-state index contributed by atoms with van der Waals surface area (Å²) in [6.07, 6.45) is 10.5. The molecule has 5 N–H and O–H groups in total. The van der Waals surface area contributed by atoms with E-state index < -0.39 is 11.9 Å². The molecule has 0 radical (unpaired) electrons. The Morgan fingerprint density at radius 2 is 1.61 bits per heavy atom. The van der Waals surface area contributed by atoms with Crippen LogP contribution in [0, 0.1) is 0 Å². The van der Waals surface area contributed by atoms with Gasteiger partial charge in [-0.15, -0.1) is 0 Å². The molecule has 1 fully saturated rings. The maximum Gasteiger partial charge on any atom is 0.336 e. The maximum absolute atomic E-state index is 12.3. The third-order valence-corrected chi connectivity index (χ3v) is 6.84. The molecule has 4 rings (SSSR count). The summed E-state index contributed by atoms with van der Waals surface area (Å²) in [4.78, 5) is 23.7. The number of aromatic carboxylic acids is 1. The number of benzene rings is 3.